The molecule has 2 N–H and O–H groups in total. The Morgan fingerprint density at radius 2 is 1.56 bits per heavy atom. The molecule has 4 nitrogen and oxygen atoms in total. The summed E-state index contributed by atoms with van der Waals surface area (Å²) < 4.78 is 18.1. The maximum atomic E-state index is 12.5. The van der Waals surface area contributed by atoms with E-state index in [0.717, 1.165) is 5.56 Å². The maximum absolute atomic E-state index is 12.5. The summed E-state index contributed by atoms with van der Waals surface area (Å²) in [5.74, 6) is 0.583. The summed E-state index contributed by atoms with van der Waals surface area (Å²) in [5, 5.41) is 17.7. The van der Waals surface area contributed by atoms with Gasteiger partial charge in [0.2, 0.25) is 7.37 Å². The van der Waals surface area contributed by atoms with Crippen molar-refractivity contribution in [2.24, 2.45) is 0 Å². The van der Waals surface area contributed by atoms with Crippen LogP contribution >= 0.6 is 7.37 Å². The third-order valence-electron chi connectivity index (χ3n) is 2.61. The summed E-state index contributed by atoms with van der Waals surface area (Å²) >= 11 is 0. The lowest BCUT2D eigenvalue weighted by atomic mass is 10.2. The molecule has 0 atom stereocenters. The molecule has 0 spiro atoms. The number of hydrogen-bond donors (Lipinski definition) is 2. The van der Waals surface area contributed by atoms with Gasteiger partial charge in [0.05, 0.1) is 0 Å². The van der Waals surface area contributed by atoms with Crippen molar-refractivity contribution in [1.29, 1.82) is 0 Å². The van der Waals surface area contributed by atoms with Crippen LogP contribution in [0.4, 0.5) is 0 Å². The molecule has 0 aliphatic rings. The monoisotopic (exact) mass is 272 g/mol. The average Bonchev–Trinajstić information content (AvgIpc) is 2.37. The highest BCUT2D eigenvalue weighted by atomic mass is 31.2. The molecule has 18 heavy (non-hydrogen) atoms. The predicted molar refractivity (Wildman–Crippen MR) is 72.6 cm³/mol. The maximum Gasteiger partial charge on any atom is 0.248 e. The third-order valence-corrected chi connectivity index (χ3v) is 5.15. The minimum atomic E-state index is -2.81. The van der Waals surface area contributed by atoms with Crippen molar-refractivity contribution in [2.75, 3.05) is 25.5 Å². The molecule has 0 radical (unpaired) electrons. The fourth-order valence-electron chi connectivity index (χ4n) is 1.62. The van der Waals surface area contributed by atoms with Crippen molar-refractivity contribution in [3.05, 3.63) is 29.8 Å². The van der Waals surface area contributed by atoms with E-state index < -0.39 is 7.37 Å². The van der Waals surface area contributed by atoms with E-state index in [4.69, 9.17) is 14.7 Å². The van der Waals surface area contributed by atoms with E-state index in [-0.39, 0.29) is 13.2 Å². The fraction of sp³-hybridized carbons (Fsp3) is 0.538. The Hall–Kier alpha value is -0.830. The number of aryl methyl sites for hydroxylation is 1. The van der Waals surface area contributed by atoms with E-state index in [1.54, 1.807) is 12.1 Å². The van der Waals surface area contributed by atoms with Crippen LogP contribution in [0.15, 0.2) is 24.3 Å². The van der Waals surface area contributed by atoms with E-state index in [1.807, 2.05) is 19.1 Å². The first kappa shape index (κ1) is 15.2. The molecule has 0 aromatic heterocycles. The van der Waals surface area contributed by atoms with E-state index in [9.17, 15) is 4.57 Å². The van der Waals surface area contributed by atoms with Crippen molar-refractivity contribution in [2.45, 2.75) is 19.8 Å². The second-order valence-corrected chi connectivity index (χ2v) is 7.03. The Kier molecular flexibility index (Phi) is 6.41. The van der Waals surface area contributed by atoms with Gasteiger partial charge in [0.1, 0.15) is 5.75 Å². The van der Waals surface area contributed by atoms with Crippen LogP contribution in [0.1, 0.15) is 18.4 Å². The SMILES string of the molecule is Cc1ccc(OP(=O)(CCCO)CCCO)cc1. The Bertz CT molecular complexity index is 376. The zero-order valence-electron chi connectivity index (χ0n) is 10.7. The third kappa shape index (κ3) is 5.21. The molecule has 102 valence electrons. The first-order valence-electron chi connectivity index (χ1n) is 6.16. The Morgan fingerprint density at radius 3 is 2.00 bits per heavy atom. The molecule has 5 heteroatoms. The van der Waals surface area contributed by atoms with Gasteiger partial charge in [0, 0.05) is 25.5 Å². The summed E-state index contributed by atoms with van der Waals surface area (Å²) in [6.45, 7) is 1.97. The molecule has 0 heterocycles. The quantitative estimate of drug-likeness (QED) is 0.713. The molecule has 1 aromatic carbocycles. The van der Waals surface area contributed by atoms with Gasteiger partial charge >= 0.3 is 0 Å². The zero-order chi connectivity index (χ0) is 13.4. The van der Waals surface area contributed by atoms with E-state index in [0.29, 0.717) is 30.9 Å². The molecule has 0 unspecified atom stereocenters. The topological polar surface area (TPSA) is 66.8 Å². The van der Waals surface area contributed by atoms with E-state index in [1.165, 1.54) is 0 Å². The molecule has 1 rings (SSSR count). The first-order chi connectivity index (χ1) is 8.59. The summed E-state index contributed by atoms with van der Waals surface area (Å²) in [6, 6.07) is 7.38. The fourth-order valence-corrected chi connectivity index (χ4v) is 3.78. The largest absolute Gasteiger partial charge is 0.443 e. The number of aliphatic hydroxyl groups excluding tert-OH is 2. The van der Waals surface area contributed by atoms with Crippen LogP contribution in [0.2, 0.25) is 0 Å². The molecule has 0 saturated heterocycles. The second kappa shape index (κ2) is 7.57. The van der Waals surface area contributed by atoms with Crippen LogP contribution in [0.5, 0.6) is 5.75 Å². The van der Waals surface area contributed by atoms with Gasteiger partial charge in [0.25, 0.3) is 0 Å². The van der Waals surface area contributed by atoms with Gasteiger partial charge in [-0.1, -0.05) is 17.7 Å². The molecule has 0 aliphatic carbocycles. The molecule has 0 fully saturated rings. The van der Waals surface area contributed by atoms with Gasteiger partial charge < -0.3 is 14.7 Å². The minimum Gasteiger partial charge on any atom is -0.443 e. The van der Waals surface area contributed by atoms with Gasteiger partial charge in [-0.3, -0.25) is 4.57 Å². The first-order valence-corrected chi connectivity index (χ1v) is 8.15. The van der Waals surface area contributed by atoms with Gasteiger partial charge in [-0.05, 0) is 31.9 Å². The van der Waals surface area contributed by atoms with Crippen molar-refractivity contribution < 1.29 is 19.3 Å². The van der Waals surface area contributed by atoms with Crippen molar-refractivity contribution >= 4 is 7.37 Å². The molecule has 0 aliphatic heterocycles. The molecule has 0 bridgehead atoms. The standard InChI is InChI=1S/C13H21O4P/c1-12-4-6-13(7-5-12)17-18(16,10-2-8-14)11-3-9-15/h4-7,14-15H,2-3,8-11H2,1H3. The van der Waals surface area contributed by atoms with Crippen LogP contribution in [-0.4, -0.2) is 35.8 Å². The van der Waals surface area contributed by atoms with Gasteiger partial charge in [0.15, 0.2) is 0 Å². The number of hydrogen-bond acceptors (Lipinski definition) is 4. The van der Waals surface area contributed by atoms with Gasteiger partial charge in [-0.25, -0.2) is 0 Å². The Balaban J connectivity index is 2.70. The Labute approximate surface area is 108 Å². The Morgan fingerprint density at radius 1 is 1.06 bits per heavy atom. The number of rotatable bonds is 8. The zero-order valence-corrected chi connectivity index (χ0v) is 11.6. The lowest BCUT2D eigenvalue weighted by Crippen LogP contribution is -2.05. The van der Waals surface area contributed by atoms with Crippen LogP contribution in [0.25, 0.3) is 0 Å². The van der Waals surface area contributed by atoms with Crippen LogP contribution in [-0.2, 0) is 4.57 Å². The summed E-state index contributed by atoms with van der Waals surface area (Å²) in [4.78, 5) is 0. The lowest BCUT2D eigenvalue weighted by Gasteiger charge is -2.19. The van der Waals surface area contributed by atoms with Crippen molar-refractivity contribution in [3.8, 4) is 5.75 Å². The molecule has 0 saturated carbocycles. The highest BCUT2D eigenvalue weighted by Gasteiger charge is 2.23. The molecule has 1 aromatic rings. The lowest BCUT2D eigenvalue weighted by molar-refractivity contribution is 0.290. The smallest absolute Gasteiger partial charge is 0.248 e. The molecular weight excluding hydrogens is 251 g/mol. The average molecular weight is 272 g/mol. The minimum absolute atomic E-state index is 0.000370. The second-order valence-electron chi connectivity index (χ2n) is 4.32. The van der Waals surface area contributed by atoms with Crippen molar-refractivity contribution in [1.82, 2.24) is 0 Å². The normalized spacial score (nSPS) is 11.5. The van der Waals surface area contributed by atoms with E-state index >= 15 is 0 Å². The van der Waals surface area contributed by atoms with Gasteiger partial charge in [-0.15, -0.1) is 0 Å². The number of aliphatic hydroxyl groups is 2. The molecule has 0 amide bonds. The van der Waals surface area contributed by atoms with Gasteiger partial charge in [-0.2, -0.15) is 0 Å². The predicted octanol–water partition coefficient (Wildman–Crippen LogP) is 2.42. The molecular formula is C13H21O4P. The highest BCUT2D eigenvalue weighted by Crippen LogP contribution is 2.48. The van der Waals surface area contributed by atoms with Crippen LogP contribution in [0.3, 0.4) is 0 Å². The highest BCUT2D eigenvalue weighted by molar-refractivity contribution is 7.59. The summed E-state index contributed by atoms with van der Waals surface area (Å²) in [7, 11) is -2.81. The van der Waals surface area contributed by atoms with E-state index in [2.05, 4.69) is 0 Å². The van der Waals surface area contributed by atoms with Crippen LogP contribution in [0, 0.1) is 6.92 Å². The summed E-state index contributed by atoms with van der Waals surface area (Å²) in [5.41, 5.74) is 1.11. The van der Waals surface area contributed by atoms with Crippen LogP contribution < -0.4 is 4.52 Å². The van der Waals surface area contributed by atoms with Crippen molar-refractivity contribution in [3.63, 3.8) is 0 Å². The number of benzene rings is 1. The summed E-state index contributed by atoms with van der Waals surface area (Å²) in [6.07, 6.45) is 1.60.